The number of benzene rings is 2. The number of methoxy groups -OCH3 is 1. The molecule has 1 heterocycles. The summed E-state index contributed by atoms with van der Waals surface area (Å²) in [7, 11) is 1.67. The Hall–Kier alpha value is -2.81. The molecule has 3 aromatic rings. The Morgan fingerprint density at radius 1 is 0.955 bits per heavy atom. The molecule has 0 bridgehead atoms. The second-order valence-corrected chi connectivity index (χ2v) is 5.00. The third kappa shape index (κ3) is 3.44. The minimum atomic E-state index is 0.759. The molecular formula is C19H18N2O. The highest BCUT2D eigenvalue weighted by atomic mass is 16.5. The quantitative estimate of drug-likeness (QED) is 0.757. The maximum atomic E-state index is 5.16. The molecule has 0 aliphatic carbocycles. The first-order valence-corrected chi connectivity index (χ1v) is 7.23. The summed E-state index contributed by atoms with van der Waals surface area (Å²) in [6.07, 6.45) is 1.85. The van der Waals surface area contributed by atoms with E-state index < -0.39 is 0 Å². The monoisotopic (exact) mass is 290 g/mol. The SMILES string of the molecule is COc1ccc(NCc2ccnc(-c3ccccc3)c2)cc1. The zero-order valence-corrected chi connectivity index (χ0v) is 12.5. The molecule has 0 aliphatic heterocycles. The summed E-state index contributed by atoms with van der Waals surface area (Å²) in [4.78, 5) is 4.44. The molecule has 22 heavy (non-hydrogen) atoms. The summed E-state index contributed by atoms with van der Waals surface area (Å²) >= 11 is 0. The van der Waals surface area contributed by atoms with Gasteiger partial charge in [-0.05, 0) is 42.0 Å². The maximum absolute atomic E-state index is 5.16. The van der Waals surface area contributed by atoms with Gasteiger partial charge < -0.3 is 10.1 Å². The summed E-state index contributed by atoms with van der Waals surface area (Å²) in [5.74, 6) is 0.862. The van der Waals surface area contributed by atoms with Crippen molar-refractivity contribution in [2.24, 2.45) is 0 Å². The molecule has 2 aromatic carbocycles. The lowest BCUT2D eigenvalue weighted by Crippen LogP contribution is -2.00. The van der Waals surface area contributed by atoms with Gasteiger partial charge in [-0.2, -0.15) is 0 Å². The van der Waals surface area contributed by atoms with Gasteiger partial charge in [0.25, 0.3) is 0 Å². The van der Waals surface area contributed by atoms with E-state index in [1.165, 1.54) is 5.56 Å². The van der Waals surface area contributed by atoms with Crippen LogP contribution in [0.25, 0.3) is 11.3 Å². The van der Waals surface area contributed by atoms with E-state index in [4.69, 9.17) is 4.74 Å². The predicted molar refractivity (Wildman–Crippen MR) is 90.0 cm³/mol. The third-order valence-electron chi connectivity index (χ3n) is 3.48. The second kappa shape index (κ2) is 6.76. The average molecular weight is 290 g/mol. The molecule has 1 aromatic heterocycles. The van der Waals surface area contributed by atoms with Crippen LogP contribution in [-0.2, 0) is 6.54 Å². The molecule has 3 rings (SSSR count). The Morgan fingerprint density at radius 2 is 1.73 bits per heavy atom. The van der Waals surface area contributed by atoms with Crippen molar-refractivity contribution in [3.63, 3.8) is 0 Å². The number of pyridine rings is 1. The molecule has 0 fully saturated rings. The summed E-state index contributed by atoms with van der Waals surface area (Å²) in [6.45, 7) is 0.759. The highest BCUT2D eigenvalue weighted by Crippen LogP contribution is 2.19. The Bertz CT molecular complexity index is 724. The van der Waals surface area contributed by atoms with Crippen molar-refractivity contribution in [3.8, 4) is 17.0 Å². The van der Waals surface area contributed by atoms with Gasteiger partial charge >= 0.3 is 0 Å². The van der Waals surface area contributed by atoms with E-state index in [0.717, 1.165) is 29.2 Å². The standard InChI is InChI=1S/C19H18N2O/c1-22-18-9-7-17(8-10-18)21-14-15-11-12-20-19(13-15)16-5-3-2-4-6-16/h2-13,21H,14H2,1H3. The maximum Gasteiger partial charge on any atom is 0.119 e. The van der Waals surface area contributed by atoms with Crippen LogP contribution in [0.3, 0.4) is 0 Å². The molecule has 3 nitrogen and oxygen atoms in total. The molecule has 3 heteroatoms. The van der Waals surface area contributed by atoms with Crippen LogP contribution in [0.4, 0.5) is 5.69 Å². The number of rotatable bonds is 5. The molecule has 0 radical (unpaired) electrons. The Balaban J connectivity index is 1.70. The third-order valence-corrected chi connectivity index (χ3v) is 3.48. The number of aromatic nitrogens is 1. The summed E-state index contributed by atoms with van der Waals surface area (Å²) in [5.41, 5.74) is 4.40. The van der Waals surface area contributed by atoms with Crippen molar-refractivity contribution >= 4 is 5.69 Å². The van der Waals surface area contributed by atoms with Crippen LogP contribution >= 0.6 is 0 Å². The topological polar surface area (TPSA) is 34.1 Å². The van der Waals surface area contributed by atoms with Crippen molar-refractivity contribution in [2.45, 2.75) is 6.54 Å². The Kier molecular flexibility index (Phi) is 4.35. The fourth-order valence-electron chi connectivity index (χ4n) is 2.26. The molecule has 0 amide bonds. The lowest BCUT2D eigenvalue weighted by Gasteiger charge is -2.09. The van der Waals surface area contributed by atoms with E-state index in [-0.39, 0.29) is 0 Å². The molecule has 1 N–H and O–H groups in total. The zero-order valence-electron chi connectivity index (χ0n) is 12.5. The minimum Gasteiger partial charge on any atom is -0.497 e. The van der Waals surface area contributed by atoms with Gasteiger partial charge in [-0.15, -0.1) is 0 Å². The number of anilines is 1. The van der Waals surface area contributed by atoms with Crippen molar-refractivity contribution in [3.05, 3.63) is 78.5 Å². The summed E-state index contributed by atoms with van der Waals surface area (Å²) < 4.78 is 5.16. The molecular weight excluding hydrogens is 272 g/mol. The van der Waals surface area contributed by atoms with Crippen LogP contribution < -0.4 is 10.1 Å². The van der Waals surface area contributed by atoms with E-state index in [1.54, 1.807) is 7.11 Å². The van der Waals surface area contributed by atoms with Crippen molar-refractivity contribution in [1.82, 2.24) is 4.98 Å². The van der Waals surface area contributed by atoms with E-state index >= 15 is 0 Å². The molecule has 110 valence electrons. The van der Waals surface area contributed by atoms with Crippen LogP contribution in [-0.4, -0.2) is 12.1 Å². The minimum absolute atomic E-state index is 0.759. The van der Waals surface area contributed by atoms with Crippen LogP contribution in [0.2, 0.25) is 0 Å². The van der Waals surface area contributed by atoms with Gasteiger partial charge in [0.05, 0.1) is 12.8 Å². The molecule has 0 spiro atoms. The molecule has 0 unspecified atom stereocenters. The zero-order chi connectivity index (χ0) is 15.2. The van der Waals surface area contributed by atoms with Gasteiger partial charge in [0.15, 0.2) is 0 Å². The smallest absolute Gasteiger partial charge is 0.119 e. The lowest BCUT2D eigenvalue weighted by atomic mass is 10.1. The highest BCUT2D eigenvalue weighted by molar-refractivity contribution is 5.59. The van der Waals surface area contributed by atoms with Gasteiger partial charge in [0, 0.05) is 24.0 Å². The van der Waals surface area contributed by atoms with Gasteiger partial charge in [-0.1, -0.05) is 30.3 Å². The number of nitrogens with one attached hydrogen (secondary N) is 1. The van der Waals surface area contributed by atoms with E-state index in [2.05, 4.69) is 28.5 Å². The number of ether oxygens (including phenoxy) is 1. The Morgan fingerprint density at radius 3 is 2.45 bits per heavy atom. The normalized spacial score (nSPS) is 10.2. The van der Waals surface area contributed by atoms with Gasteiger partial charge in [0.1, 0.15) is 5.75 Å². The van der Waals surface area contributed by atoms with Crippen LogP contribution in [0, 0.1) is 0 Å². The number of hydrogen-bond donors (Lipinski definition) is 1. The van der Waals surface area contributed by atoms with Crippen LogP contribution in [0.15, 0.2) is 72.9 Å². The molecule has 0 saturated carbocycles. The van der Waals surface area contributed by atoms with Crippen LogP contribution in [0.1, 0.15) is 5.56 Å². The van der Waals surface area contributed by atoms with E-state index in [9.17, 15) is 0 Å². The second-order valence-electron chi connectivity index (χ2n) is 5.00. The molecule has 0 aliphatic rings. The van der Waals surface area contributed by atoms with Gasteiger partial charge in [-0.25, -0.2) is 0 Å². The number of nitrogens with zero attached hydrogens (tertiary/aromatic N) is 1. The first-order chi connectivity index (χ1) is 10.8. The first-order valence-electron chi connectivity index (χ1n) is 7.23. The fraction of sp³-hybridized carbons (Fsp3) is 0.105. The van der Waals surface area contributed by atoms with Gasteiger partial charge in [-0.3, -0.25) is 4.98 Å². The van der Waals surface area contributed by atoms with Crippen molar-refractivity contribution in [1.29, 1.82) is 0 Å². The van der Waals surface area contributed by atoms with E-state index in [1.807, 2.05) is 54.7 Å². The van der Waals surface area contributed by atoms with Crippen molar-refractivity contribution < 1.29 is 4.74 Å². The van der Waals surface area contributed by atoms with E-state index in [0.29, 0.717) is 0 Å². The van der Waals surface area contributed by atoms with Crippen LogP contribution in [0.5, 0.6) is 5.75 Å². The lowest BCUT2D eigenvalue weighted by molar-refractivity contribution is 0.415. The first kappa shape index (κ1) is 14.1. The molecule has 0 atom stereocenters. The summed E-state index contributed by atoms with van der Waals surface area (Å²) in [5, 5.41) is 3.41. The van der Waals surface area contributed by atoms with Gasteiger partial charge in [0.2, 0.25) is 0 Å². The largest absolute Gasteiger partial charge is 0.497 e. The average Bonchev–Trinajstić information content (AvgIpc) is 2.61. The predicted octanol–water partition coefficient (Wildman–Crippen LogP) is 4.37. The Labute approximate surface area is 130 Å². The number of hydrogen-bond acceptors (Lipinski definition) is 3. The highest BCUT2D eigenvalue weighted by Gasteiger charge is 2.01. The molecule has 0 saturated heterocycles. The van der Waals surface area contributed by atoms with Crippen molar-refractivity contribution in [2.75, 3.05) is 12.4 Å². The summed E-state index contributed by atoms with van der Waals surface area (Å²) in [6, 6.07) is 22.3. The fourth-order valence-corrected chi connectivity index (χ4v) is 2.26.